The maximum absolute atomic E-state index is 14.3. The van der Waals surface area contributed by atoms with Crippen LogP contribution in [0.4, 0.5) is 19.3 Å². The number of nitrogens with zero attached hydrogens (tertiary/aromatic N) is 1. The number of aliphatic carboxylic acids is 1. The first kappa shape index (κ1) is 23.5. The number of aromatic hydroxyl groups is 1. The maximum Gasteiger partial charge on any atom is 0.319 e. The summed E-state index contributed by atoms with van der Waals surface area (Å²) < 4.78 is 28.7. The van der Waals surface area contributed by atoms with Gasteiger partial charge < -0.3 is 25.4 Å². The summed E-state index contributed by atoms with van der Waals surface area (Å²) in [6, 6.07) is 7.12. The third-order valence-corrected chi connectivity index (χ3v) is 4.91. The Kier molecular flexibility index (Phi) is 6.76. The largest absolute Gasteiger partial charge is 0.505 e. The van der Waals surface area contributed by atoms with Crippen molar-refractivity contribution in [2.75, 3.05) is 5.32 Å². The van der Waals surface area contributed by atoms with Gasteiger partial charge in [0.1, 0.15) is 17.4 Å². The quantitative estimate of drug-likeness (QED) is 0.450. The van der Waals surface area contributed by atoms with E-state index in [2.05, 4.69) is 10.6 Å². The van der Waals surface area contributed by atoms with Gasteiger partial charge in [-0.3, -0.25) is 9.59 Å². The number of nitrogens with one attached hydrogen (secondary N) is 2. The average Bonchev–Trinajstić information content (AvgIpc) is 2.72. The molecule has 0 bridgehead atoms. The molecule has 2 aromatic carbocycles. The summed E-state index contributed by atoms with van der Waals surface area (Å²) in [5, 5.41) is 23.9. The minimum absolute atomic E-state index is 0.109. The predicted octanol–water partition coefficient (Wildman–Crippen LogP) is 3.68. The summed E-state index contributed by atoms with van der Waals surface area (Å²) in [4.78, 5) is 36.2. The lowest BCUT2D eigenvalue weighted by atomic mass is 9.95. The van der Waals surface area contributed by atoms with E-state index in [4.69, 9.17) is 0 Å². The molecule has 0 aliphatic rings. The van der Waals surface area contributed by atoms with Crippen molar-refractivity contribution in [2.45, 2.75) is 19.4 Å². The van der Waals surface area contributed by atoms with Crippen molar-refractivity contribution < 1.29 is 28.6 Å². The normalized spacial score (nSPS) is 11.6. The van der Waals surface area contributed by atoms with E-state index in [0.717, 1.165) is 16.7 Å². The molecule has 3 aromatic rings. The standard InChI is InChI=1S/C23H21F2N3O5/c1-12-7-13(16-4-3-15(24)10-17(16)25)9-14(8-12)18(11-20(30)31)26-23(33)27-21-19(29)5-6-28(2)22(21)32/h3-10,18,29H,11H2,1-2H3,(H,30,31)(H2,26,27,33)/t18-/m0/s1. The highest BCUT2D eigenvalue weighted by atomic mass is 19.1. The monoisotopic (exact) mass is 457 g/mol. The van der Waals surface area contributed by atoms with Crippen molar-refractivity contribution in [3.8, 4) is 16.9 Å². The van der Waals surface area contributed by atoms with Gasteiger partial charge in [0.15, 0.2) is 5.69 Å². The average molecular weight is 457 g/mol. The molecule has 33 heavy (non-hydrogen) atoms. The molecule has 8 nitrogen and oxygen atoms in total. The molecule has 10 heteroatoms. The number of anilines is 1. The van der Waals surface area contributed by atoms with Gasteiger partial charge in [0, 0.05) is 24.9 Å². The number of carbonyl (C=O) groups excluding carboxylic acids is 1. The molecular weight excluding hydrogens is 436 g/mol. The van der Waals surface area contributed by atoms with E-state index in [1.807, 2.05) is 0 Å². The van der Waals surface area contributed by atoms with Crippen molar-refractivity contribution in [3.63, 3.8) is 0 Å². The van der Waals surface area contributed by atoms with E-state index in [1.54, 1.807) is 19.1 Å². The number of carbonyl (C=O) groups is 2. The van der Waals surface area contributed by atoms with Crippen LogP contribution in [0.5, 0.6) is 5.75 Å². The molecule has 1 heterocycles. The molecule has 4 N–H and O–H groups in total. The molecule has 1 aromatic heterocycles. The fourth-order valence-electron chi connectivity index (χ4n) is 3.36. The number of aryl methyl sites for hydroxylation is 2. The van der Waals surface area contributed by atoms with E-state index in [1.165, 1.54) is 31.4 Å². The molecule has 0 saturated heterocycles. The zero-order valence-electron chi connectivity index (χ0n) is 17.7. The number of carboxylic acid groups (broad SMARTS) is 1. The molecule has 0 aliphatic carbocycles. The molecular formula is C23H21F2N3O5. The van der Waals surface area contributed by atoms with Crippen LogP contribution in [-0.2, 0) is 11.8 Å². The Morgan fingerprint density at radius 2 is 1.85 bits per heavy atom. The minimum Gasteiger partial charge on any atom is -0.505 e. The van der Waals surface area contributed by atoms with Gasteiger partial charge in [0.05, 0.1) is 12.5 Å². The highest BCUT2D eigenvalue weighted by molar-refractivity contribution is 5.91. The Balaban J connectivity index is 1.94. The van der Waals surface area contributed by atoms with E-state index < -0.39 is 47.4 Å². The van der Waals surface area contributed by atoms with Crippen molar-refractivity contribution in [1.82, 2.24) is 9.88 Å². The van der Waals surface area contributed by atoms with E-state index in [-0.39, 0.29) is 11.3 Å². The van der Waals surface area contributed by atoms with Crippen LogP contribution < -0.4 is 16.2 Å². The number of amides is 2. The molecule has 3 rings (SSSR count). The number of pyridine rings is 1. The number of benzene rings is 2. The lowest BCUT2D eigenvalue weighted by Crippen LogP contribution is -2.36. The number of aromatic nitrogens is 1. The number of halogens is 2. The summed E-state index contributed by atoms with van der Waals surface area (Å²) in [6.45, 7) is 1.71. The molecule has 0 spiro atoms. The van der Waals surface area contributed by atoms with Crippen LogP contribution in [0.1, 0.15) is 23.6 Å². The summed E-state index contributed by atoms with van der Waals surface area (Å²) in [5.41, 5.74) is 0.455. The van der Waals surface area contributed by atoms with E-state index >= 15 is 0 Å². The zero-order chi connectivity index (χ0) is 24.3. The third-order valence-electron chi connectivity index (χ3n) is 4.91. The molecule has 0 radical (unpaired) electrons. The molecule has 2 amide bonds. The third kappa shape index (κ3) is 5.53. The highest BCUT2D eigenvalue weighted by Crippen LogP contribution is 2.29. The first-order valence-corrected chi connectivity index (χ1v) is 9.80. The minimum atomic E-state index is -1.21. The van der Waals surface area contributed by atoms with Crippen LogP contribution in [0, 0.1) is 18.6 Å². The highest BCUT2D eigenvalue weighted by Gasteiger charge is 2.21. The zero-order valence-corrected chi connectivity index (χ0v) is 17.7. The van der Waals surface area contributed by atoms with Gasteiger partial charge in [-0.15, -0.1) is 0 Å². The summed E-state index contributed by atoms with van der Waals surface area (Å²) in [5.74, 6) is -3.19. The van der Waals surface area contributed by atoms with Gasteiger partial charge in [-0.05, 0) is 42.3 Å². The number of carboxylic acids is 1. The summed E-state index contributed by atoms with van der Waals surface area (Å²) in [7, 11) is 1.43. The summed E-state index contributed by atoms with van der Waals surface area (Å²) >= 11 is 0. The van der Waals surface area contributed by atoms with Gasteiger partial charge in [0.25, 0.3) is 5.56 Å². The first-order chi connectivity index (χ1) is 15.5. The van der Waals surface area contributed by atoms with Crippen molar-refractivity contribution in [3.05, 3.63) is 81.8 Å². The molecule has 0 aliphatic heterocycles. The number of hydrogen-bond donors (Lipinski definition) is 4. The van der Waals surface area contributed by atoms with Gasteiger partial charge in [-0.1, -0.05) is 17.7 Å². The van der Waals surface area contributed by atoms with Crippen LogP contribution in [0.3, 0.4) is 0 Å². The Bertz CT molecular complexity index is 1290. The lowest BCUT2D eigenvalue weighted by molar-refractivity contribution is -0.137. The number of rotatable bonds is 6. The lowest BCUT2D eigenvalue weighted by Gasteiger charge is -2.20. The van der Waals surface area contributed by atoms with Gasteiger partial charge in [-0.2, -0.15) is 0 Å². The Morgan fingerprint density at radius 3 is 2.52 bits per heavy atom. The van der Waals surface area contributed by atoms with Gasteiger partial charge >= 0.3 is 12.0 Å². The smallest absolute Gasteiger partial charge is 0.319 e. The molecule has 0 saturated carbocycles. The molecule has 172 valence electrons. The van der Waals surface area contributed by atoms with Crippen LogP contribution in [0.15, 0.2) is 53.5 Å². The first-order valence-electron chi connectivity index (χ1n) is 9.80. The Hall–Kier alpha value is -4.21. The molecule has 0 unspecified atom stereocenters. The van der Waals surface area contributed by atoms with Crippen LogP contribution in [0.2, 0.25) is 0 Å². The topological polar surface area (TPSA) is 121 Å². The molecule has 0 fully saturated rings. The second kappa shape index (κ2) is 9.51. The predicted molar refractivity (Wildman–Crippen MR) is 117 cm³/mol. The van der Waals surface area contributed by atoms with Crippen molar-refractivity contribution in [2.24, 2.45) is 7.05 Å². The van der Waals surface area contributed by atoms with Crippen LogP contribution in [-0.4, -0.2) is 26.8 Å². The van der Waals surface area contributed by atoms with Crippen LogP contribution >= 0.6 is 0 Å². The fraction of sp³-hybridized carbons (Fsp3) is 0.174. The van der Waals surface area contributed by atoms with Crippen molar-refractivity contribution >= 4 is 17.7 Å². The number of urea groups is 1. The van der Waals surface area contributed by atoms with Gasteiger partial charge in [0.2, 0.25) is 0 Å². The van der Waals surface area contributed by atoms with E-state index in [0.29, 0.717) is 16.7 Å². The second-order valence-electron chi connectivity index (χ2n) is 7.50. The Morgan fingerprint density at radius 1 is 1.12 bits per heavy atom. The molecule has 1 atom stereocenters. The fourth-order valence-corrected chi connectivity index (χ4v) is 3.36. The number of hydrogen-bond acceptors (Lipinski definition) is 4. The van der Waals surface area contributed by atoms with Gasteiger partial charge in [-0.25, -0.2) is 13.6 Å². The second-order valence-corrected chi connectivity index (χ2v) is 7.50. The van der Waals surface area contributed by atoms with E-state index in [9.17, 15) is 33.4 Å². The Labute approximate surface area is 187 Å². The SMILES string of the molecule is Cc1cc(-c2ccc(F)cc2F)cc([C@H](CC(=O)O)NC(=O)Nc2c(O)ccn(C)c2=O)c1. The summed E-state index contributed by atoms with van der Waals surface area (Å²) in [6.07, 6.45) is 0.803. The maximum atomic E-state index is 14.3. The van der Waals surface area contributed by atoms with Crippen molar-refractivity contribution in [1.29, 1.82) is 0 Å². The van der Waals surface area contributed by atoms with Crippen LogP contribution in [0.25, 0.3) is 11.1 Å².